The minimum atomic E-state index is -0.762. The quantitative estimate of drug-likeness (QED) is 0.716. The highest BCUT2D eigenvalue weighted by Crippen LogP contribution is 2.46. The van der Waals surface area contributed by atoms with Gasteiger partial charge in [-0.1, -0.05) is 6.42 Å². The van der Waals surface area contributed by atoms with Crippen LogP contribution in [0.4, 0.5) is 11.4 Å². The fourth-order valence-electron chi connectivity index (χ4n) is 3.88. The summed E-state index contributed by atoms with van der Waals surface area (Å²) in [6.45, 7) is 6.98. The molecular weight excluding hydrogens is 334 g/mol. The highest BCUT2D eigenvalue weighted by Gasteiger charge is 2.45. The second-order valence-corrected chi connectivity index (χ2v) is 7.57. The number of hydrogen-bond acceptors (Lipinski definition) is 5. The van der Waals surface area contributed by atoms with Crippen LogP contribution in [0.15, 0.2) is 12.1 Å². The fraction of sp³-hybridized carbons (Fsp3) is 0.579. The Morgan fingerprint density at radius 2 is 1.96 bits per heavy atom. The molecule has 0 spiro atoms. The Kier molecular flexibility index (Phi) is 5.20. The number of nitrogens with one attached hydrogen (secondary N) is 2. The number of rotatable bonds is 4. The van der Waals surface area contributed by atoms with Crippen molar-refractivity contribution in [2.24, 2.45) is 0 Å². The Morgan fingerprint density at radius 1 is 1.27 bits per heavy atom. The van der Waals surface area contributed by atoms with Crippen molar-refractivity contribution in [2.45, 2.75) is 57.8 Å². The maximum absolute atomic E-state index is 11.5. The summed E-state index contributed by atoms with van der Waals surface area (Å²) < 4.78 is 6.06. The molecule has 3 rings (SSSR count). The zero-order valence-electron chi connectivity index (χ0n) is 15.5. The molecule has 2 heterocycles. The van der Waals surface area contributed by atoms with Crippen LogP contribution in [-0.4, -0.2) is 47.1 Å². The number of likely N-dealkylation sites (tertiary alicyclic amines) is 1. The van der Waals surface area contributed by atoms with Crippen LogP contribution in [0, 0.1) is 0 Å². The second-order valence-electron chi connectivity index (χ2n) is 7.57. The fourth-order valence-corrected chi connectivity index (χ4v) is 3.88. The smallest absolute Gasteiger partial charge is 0.221 e. The Bertz CT molecular complexity index is 698. The Hall–Kier alpha value is -2.12. The third-order valence-corrected chi connectivity index (χ3v) is 5.16. The van der Waals surface area contributed by atoms with Crippen molar-refractivity contribution in [1.29, 1.82) is 0 Å². The van der Waals surface area contributed by atoms with Gasteiger partial charge in [0, 0.05) is 18.6 Å². The molecule has 142 valence electrons. The van der Waals surface area contributed by atoms with Gasteiger partial charge in [-0.15, -0.1) is 0 Å². The summed E-state index contributed by atoms with van der Waals surface area (Å²) in [4.78, 5) is 24.8. The molecule has 26 heavy (non-hydrogen) atoms. The van der Waals surface area contributed by atoms with Crippen molar-refractivity contribution in [1.82, 2.24) is 4.90 Å². The largest absolute Gasteiger partial charge is 0.485 e. The van der Waals surface area contributed by atoms with Crippen molar-refractivity contribution in [2.75, 3.05) is 23.7 Å². The third-order valence-electron chi connectivity index (χ3n) is 5.16. The molecule has 1 aromatic rings. The van der Waals surface area contributed by atoms with E-state index in [-0.39, 0.29) is 11.9 Å². The Balaban J connectivity index is 2.09. The van der Waals surface area contributed by atoms with E-state index in [0.717, 1.165) is 31.5 Å². The highest BCUT2D eigenvalue weighted by molar-refractivity contribution is 5.95. The summed E-state index contributed by atoms with van der Waals surface area (Å²) in [5.74, 6) is 0.387. The maximum Gasteiger partial charge on any atom is 0.221 e. The van der Waals surface area contributed by atoms with Gasteiger partial charge in [0.05, 0.1) is 17.4 Å². The standard InChI is InChI=1S/C19H27N3O4/c1-12(24)21-15-10-16-13(9-14(15)20-11-23)17(18(25)19(2,3)26-16)22-7-5-4-6-8-22/h9-11,17-18,25H,4-8H2,1-3H3,(H,20,23)(H,21,24). The highest BCUT2D eigenvalue weighted by atomic mass is 16.5. The Morgan fingerprint density at radius 3 is 2.58 bits per heavy atom. The van der Waals surface area contributed by atoms with Crippen LogP contribution in [0.5, 0.6) is 5.75 Å². The first kappa shape index (κ1) is 18.7. The number of amides is 2. The number of hydrogen-bond donors (Lipinski definition) is 3. The predicted molar refractivity (Wildman–Crippen MR) is 99.3 cm³/mol. The third kappa shape index (κ3) is 3.54. The van der Waals surface area contributed by atoms with Crippen molar-refractivity contribution in [3.05, 3.63) is 17.7 Å². The van der Waals surface area contributed by atoms with Gasteiger partial charge < -0.3 is 20.5 Å². The van der Waals surface area contributed by atoms with E-state index in [2.05, 4.69) is 15.5 Å². The number of benzene rings is 1. The lowest BCUT2D eigenvalue weighted by molar-refractivity contribution is -0.114. The molecule has 0 radical (unpaired) electrons. The summed E-state index contributed by atoms with van der Waals surface area (Å²) in [6.07, 6.45) is 3.27. The molecule has 2 amide bonds. The molecule has 3 N–H and O–H groups in total. The number of anilines is 2. The van der Waals surface area contributed by atoms with E-state index in [9.17, 15) is 14.7 Å². The van der Waals surface area contributed by atoms with Crippen LogP contribution >= 0.6 is 0 Å². The molecule has 1 saturated heterocycles. The molecule has 2 atom stereocenters. The number of piperidine rings is 1. The van der Waals surface area contributed by atoms with Gasteiger partial charge in [0.15, 0.2) is 0 Å². The van der Waals surface area contributed by atoms with Crippen LogP contribution in [0.3, 0.4) is 0 Å². The molecule has 0 aromatic heterocycles. The summed E-state index contributed by atoms with van der Waals surface area (Å²) in [5.41, 5.74) is 1.04. The summed E-state index contributed by atoms with van der Waals surface area (Å²) in [7, 11) is 0. The van der Waals surface area contributed by atoms with E-state index in [1.165, 1.54) is 13.3 Å². The number of carbonyl (C=O) groups excluding carboxylic acids is 2. The van der Waals surface area contributed by atoms with Crippen LogP contribution in [0.25, 0.3) is 0 Å². The number of nitrogens with zero attached hydrogens (tertiary/aromatic N) is 1. The normalized spacial score (nSPS) is 24.9. The molecule has 2 aliphatic rings. The molecular formula is C19H27N3O4. The first-order valence-corrected chi connectivity index (χ1v) is 9.10. The minimum absolute atomic E-state index is 0.215. The number of aliphatic hydroxyl groups excluding tert-OH is 1. The molecule has 2 unspecified atom stereocenters. The number of aliphatic hydroxyl groups is 1. The van der Waals surface area contributed by atoms with Gasteiger partial charge >= 0.3 is 0 Å². The van der Waals surface area contributed by atoms with Gasteiger partial charge in [-0.3, -0.25) is 14.5 Å². The van der Waals surface area contributed by atoms with E-state index in [1.807, 2.05) is 13.8 Å². The number of carbonyl (C=O) groups is 2. The van der Waals surface area contributed by atoms with E-state index in [4.69, 9.17) is 4.74 Å². The average molecular weight is 361 g/mol. The molecule has 1 fully saturated rings. The van der Waals surface area contributed by atoms with Crippen LogP contribution in [-0.2, 0) is 9.59 Å². The van der Waals surface area contributed by atoms with Gasteiger partial charge in [-0.05, 0) is 45.8 Å². The Labute approximate surface area is 153 Å². The van der Waals surface area contributed by atoms with Crippen molar-refractivity contribution < 1.29 is 19.4 Å². The van der Waals surface area contributed by atoms with Gasteiger partial charge in [0.2, 0.25) is 12.3 Å². The van der Waals surface area contributed by atoms with Crippen molar-refractivity contribution >= 4 is 23.7 Å². The van der Waals surface area contributed by atoms with E-state index < -0.39 is 11.7 Å². The molecule has 7 nitrogen and oxygen atoms in total. The number of ether oxygens (including phenoxy) is 1. The molecule has 7 heteroatoms. The van der Waals surface area contributed by atoms with Crippen LogP contribution < -0.4 is 15.4 Å². The van der Waals surface area contributed by atoms with Gasteiger partial charge in [0.25, 0.3) is 0 Å². The zero-order chi connectivity index (χ0) is 18.9. The first-order valence-electron chi connectivity index (χ1n) is 9.10. The SMILES string of the molecule is CC(=O)Nc1cc2c(cc1NC=O)C(N1CCCCC1)C(O)C(C)(C)O2. The number of fused-ring (bicyclic) bond motifs is 1. The van der Waals surface area contributed by atoms with E-state index in [0.29, 0.717) is 23.5 Å². The average Bonchev–Trinajstić information content (AvgIpc) is 2.58. The van der Waals surface area contributed by atoms with Crippen LogP contribution in [0.2, 0.25) is 0 Å². The van der Waals surface area contributed by atoms with E-state index in [1.54, 1.807) is 12.1 Å². The lowest BCUT2D eigenvalue weighted by Crippen LogP contribution is -2.54. The minimum Gasteiger partial charge on any atom is -0.485 e. The monoisotopic (exact) mass is 361 g/mol. The lowest BCUT2D eigenvalue weighted by atomic mass is 9.84. The summed E-state index contributed by atoms with van der Waals surface area (Å²) in [6, 6.07) is 3.31. The predicted octanol–water partition coefficient (Wildman–Crippen LogP) is 2.27. The lowest BCUT2D eigenvalue weighted by Gasteiger charge is -2.47. The molecule has 2 aliphatic heterocycles. The van der Waals surface area contributed by atoms with Gasteiger partial charge in [-0.25, -0.2) is 0 Å². The van der Waals surface area contributed by atoms with Crippen molar-refractivity contribution in [3.63, 3.8) is 0 Å². The van der Waals surface area contributed by atoms with E-state index >= 15 is 0 Å². The molecule has 0 aliphatic carbocycles. The zero-order valence-corrected chi connectivity index (χ0v) is 15.5. The molecule has 0 bridgehead atoms. The second kappa shape index (κ2) is 7.25. The maximum atomic E-state index is 11.5. The van der Waals surface area contributed by atoms with Crippen molar-refractivity contribution in [3.8, 4) is 5.75 Å². The molecule has 0 saturated carbocycles. The van der Waals surface area contributed by atoms with Gasteiger partial charge in [-0.2, -0.15) is 0 Å². The van der Waals surface area contributed by atoms with Crippen LogP contribution in [0.1, 0.15) is 51.6 Å². The summed E-state index contributed by atoms with van der Waals surface area (Å²) in [5, 5.41) is 16.4. The topological polar surface area (TPSA) is 90.9 Å². The first-order chi connectivity index (χ1) is 12.3. The van der Waals surface area contributed by atoms with Gasteiger partial charge in [0.1, 0.15) is 17.5 Å². The summed E-state index contributed by atoms with van der Waals surface area (Å²) >= 11 is 0. The molecule has 1 aromatic carbocycles.